The van der Waals surface area contributed by atoms with Gasteiger partial charge in [0.2, 0.25) is 4.90 Å². The van der Waals surface area contributed by atoms with Crippen molar-refractivity contribution in [1.29, 1.82) is 0 Å². The van der Waals surface area contributed by atoms with E-state index in [9.17, 15) is 0 Å². The van der Waals surface area contributed by atoms with Gasteiger partial charge < -0.3 is 4.74 Å². The molecule has 0 saturated heterocycles. The van der Waals surface area contributed by atoms with Crippen molar-refractivity contribution in [3.63, 3.8) is 0 Å². The number of hydrogen-bond donors (Lipinski definition) is 0. The highest BCUT2D eigenvalue weighted by atomic mass is 35.7. The minimum Gasteiger partial charge on any atom is -0.488 e. The Kier molecular flexibility index (Phi) is 9.47. The van der Waals surface area contributed by atoms with E-state index in [1.165, 1.54) is 14.7 Å². The molecule has 0 unspecified atom stereocenters. The molecule has 29 heavy (non-hydrogen) atoms. The summed E-state index contributed by atoms with van der Waals surface area (Å²) < 4.78 is 40.1. The molecule has 0 radical (unpaired) electrons. The highest BCUT2D eigenvalue weighted by molar-refractivity contribution is 7.97. The Hall–Kier alpha value is -2.06. The highest BCUT2D eigenvalue weighted by Gasteiger charge is 2.31. The summed E-state index contributed by atoms with van der Waals surface area (Å²) in [7, 11) is -5.10. The van der Waals surface area contributed by atoms with E-state index in [0.29, 0.717) is 0 Å². The maximum Gasteiger partial charge on any atom is 0.208 e. The van der Waals surface area contributed by atoms with Crippen LogP contribution in [0, 0.1) is 10.2 Å². The topological polar surface area (TPSA) is 101 Å². The van der Waals surface area contributed by atoms with E-state index in [2.05, 4.69) is 91.9 Å². The van der Waals surface area contributed by atoms with Gasteiger partial charge in [-0.15, -0.1) is 10.2 Å². The zero-order valence-electron chi connectivity index (χ0n) is 16.0. The number of unbranched alkanes of at least 4 members (excludes halogenated alkanes) is 1. The molecular formula is C22H23ClO5S. The molecule has 5 nitrogen and oxygen atoms in total. The number of rotatable bonds is 7. The van der Waals surface area contributed by atoms with Gasteiger partial charge in [-0.05, 0) is 42.8 Å². The predicted molar refractivity (Wildman–Crippen MR) is 102 cm³/mol. The quantitative estimate of drug-likeness (QED) is 0.411. The zero-order chi connectivity index (χ0) is 21.1. The Bertz CT molecular complexity index is 795. The number of benzene rings is 3. The van der Waals surface area contributed by atoms with Crippen LogP contribution in [-0.2, 0) is 10.9 Å². The monoisotopic (exact) mass is 434 g/mol. The molecule has 0 saturated carbocycles. The molecule has 0 amide bonds. The first-order valence-corrected chi connectivity index (χ1v) is 11.5. The molecule has 154 valence electrons. The third-order valence-electron chi connectivity index (χ3n) is 3.78. The van der Waals surface area contributed by atoms with Crippen LogP contribution in [0.3, 0.4) is 0 Å². The average molecular weight is 435 g/mol. The van der Waals surface area contributed by atoms with Gasteiger partial charge in [0.1, 0.15) is 10.9 Å². The molecule has 0 heterocycles. The molecule has 0 atom stereocenters. The van der Waals surface area contributed by atoms with Gasteiger partial charge in [0, 0.05) is 0 Å². The van der Waals surface area contributed by atoms with Gasteiger partial charge in [-0.2, -0.15) is 0 Å². The third-order valence-corrected chi connectivity index (χ3v) is 6.05. The summed E-state index contributed by atoms with van der Waals surface area (Å²) in [5.41, 5.74) is 0. The van der Waals surface area contributed by atoms with Crippen molar-refractivity contribution in [3.05, 3.63) is 84.9 Å². The second-order valence-corrected chi connectivity index (χ2v) is 8.71. The highest BCUT2D eigenvalue weighted by Crippen LogP contribution is 2.36. The maximum absolute atomic E-state index is 8.49. The fourth-order valence-corrected chi connectivity index (χ4v) is 4.75. The summed E-state index contributed by atoms with van der Waals surface area (Å²) in [4.78, 5) is 3.89. The predicted octanol–water partition coefficient (Wildman–Crippen LogP) is 1.20. The van der Waals surface area contributed by atoms with E-state index in [-0.39, 0.29) is 10.9 Å². The van der Waals surface area contributed by atoms with Crippen molar-refractivity contribution < 1.29 is 33.6 Å². The van der Waals surface area contributed by atoms with Crippen molar-refractivity contribution in [1.82, 2.24) is 0 Å². The van der Waals surface area contributed by atoms with Crippen LogP contribution in [0.4, 0.5) is 0 Å². The normalized spacial score (nSPS) is 11.0. The van der Waals surface area contributed by atoms with Gasteiger partial charge in [-0.25, -0.2) is 18.6 Å². The number of ether oxygens (including phenoxy) is 1. The molecule has 0 aromatic heterocycles. The summed E-state index contributed by atoms with van der Waals surface area (Å²) in [6.07, 6.45) is 2.23. The molecule has 7 heteroatoms. The lowest BCUT2D eigenvalue weighted by Crippen LogP contribution is -2.68. The molecule has 3 aromatic rings. The molecule has 0 aliphatic rings. The van der Waals surface area contributed by atoms with E-state index in [4.69, 9.17) is 23.4 Å². The van der Waals surface area contributed by atoms with E-state index >= 15 is 0 Å². The summed E-state index contributed by atoms with van der Waals surface area (Å²) in [6, 6.07) is 29.9. The van der Waals surface area contributed by atoms with Crippen LogP contribution >= 0.6 is 0 Å². The van der Waals surface area contributed by atoms with Gasteiger partial charge in [-0.1, -0.05) is 61.9 Å². The molecule has 0 aliphatic heterocycles. The molecule has 0 N–H and O–H groups in total. The first-order valence-electron chi connectivity index (χ1n) is 9.08. The van der Waals surface area contributed by atoms with Crippen LogP contribution < -0.4 is 23.4 Å². The van der Waals surface area contributed by atoms with E-state index < -0.39 is 10.2 Å². The summed E-state index contributed by atoms with van der Waals surface area (Å²) >= 11 is 0. The van der Waals surface area contributed by atoms with Crippen molar-refractivity contribution in [3.8, 4) is 5.75 Å². The summed E-state index contributed by atoms with van der Waals surface area (Å²) in [5.74, 6) is 1.00. The average Bonchev–Trinajstić information content (AvgIpc) is 2.70. The smallest absolute Gasteiger partial charge is 0.208 e. The lowest BCUT2D eigenvalue weighted by atomic mass is 10.3. The largest absolute Gasteiger partial charge is 0.488 e. The van der Waals surface area contributed by atoms with Gasteiger partial charge in [0.25, 0.3) is 0 Å². The fraction of sp³-hybridized carbons (Fsp3) is 0.182. The SMILES string of the molecule is CCCCOc1ccccc1[S+](c1ccccc1)c1ccccc1.[O-][Cl+3]([O-])([O-])[O-]. The Morgan fingerprint density at radius 3 is 1.66 bits per heavy atom. The second kappa shape index (κ2) is 11.8. The second-order valence-electron chi connectivity index (χ2n) is 5.96. The minimum atomic E-state index is -4.94. The Balaban J connectivity index is 0.000000537. The van der Waals surface area contributed by atoms with Gasteiger partial charge in [0.15, 0.2) is 15.5 Å². The Labute approximate surface area is 176 Å². The maximum atomic E-state index is 8.49. The number of para-hydroxylation sites is 1. The van der Waals surface area contributed by atoms with E-state index in [1.807, 2.05) is 0 Å². The third kappa shape index (κ3) is 8.45. The molecule has 0 aliphatic carbocycles. The van der Waals surface area contributed by atoms with Crippen LogP contribution in [0.1, 0.15) is 19.8 Å². The first-order chi connectivity index (χ1) is 13.9. The van der Waals surface area contributed by atoms with Crippen molar-refractivity contribution in [2.75, 3.05) is 6.61 Å². The van der Waals surface area contributed by atoms with Gasteiger partial charge >= 0.3 is 0 Å². The zero-order valence-corrected chi connectivity index (χ0v) is 17.6. The fourth-order valence-electron chi connectivity index (χ4n) is 2.57. The molecular weight excluding hydrogens is 412 g/mol. The molecule has 0 spiro atoms. The Morgan fingerprint density at radius 1 is 0.724 bits per heavy atom. The number of hydrogen-bond acceptors (Lipinski definition) is 5. The van der Waals surface area contributed by atoms with Crippen LogP contribution in [0.15, 0.2) is 99.6 Å². The first kappa shape index (κ1) is 23.2. The van der Waals surface area contributed by atoms with Crippen LogP contribution in [-0.4, -0.2) is 6.61 Å². The van der Waals surface area contributed by atoms with E-state index in [0.717, 1.165) is 25.2 Å². The van der Waals surface area contributed by atoms with Crippen molar-refractivity contribution in [2.45, 2.75) is 34.5 Å². The summed E-state index contributed by atoms with van der Waals surface area (Å²) in [5, 5.41) is 0. The van der Waals surface area contributed by atoms with Gasteiger partial charge in [-0.3, -0.25) is 0 Å². The van der Waals surface area contributed by atoms with Gasteiger partial charge in [0.05, 0.1) is 6.61 Å². The molecule has 0 bridgehead atoms. The van der Waals surface area contributed by atoms with Crippen LogP contribution in [0.25, 0.3) is 0 Å². The standard InChI is InChI=1S/C22H23OS.ClHO4/c1-2-3-18-23-21-16-10-11-17-22(21)24(19-12-6-4-7-13-19)20-14-8-5-9-15-20;2-1(3,4)5/h4-17H,2-3,18H2,1H3;(H,2,3,4,5)/q+1;/p-1. The lowest BCUT2D eigenvalue weighted by Gasteiger charge is -2.17. The van der Waals surface area contributed by atoms with Crippen molar-refractivity contribution >= 4 is 10.9 Å². The number of halogens is 1. The van der Waals surface area contributed by atoms with Crippen molar-refractivity contribution in [2.24, 2.45) is 0 Å². The molecule has 0 fully saturated rings. The van der Waals surface area contributed by atoms with E-state index in [1.54, 1.807) is 0 Å². The summed E-state index contributed by atoms with van der Waals surface area (Å²) in [6.45, 7) is 2.96. The minimum absolute atomic E-state index is 0.157. The lowest BCUT2D eigenvalue weighted by molar-refractivity contribution is -2.00. The molecule has 3 aromatic carbocycles. The Morgan fingerprint density at radius 2 is 1.17 bits per heavy atom. The van der Waals surface area contributed by atoms with Crippen LogP contribution in [0.5, 0.6) is 5.75 Å². The molecule has 3 rings (SSSR count). The van der Waals surface area contributed by atoms with Crippen LogP contribution in [0.2, 0.25) is 0 Å².